The average molecular weight is 433 g/mol. The van der Waals surface area contributed by atoms with Crippen LogP contribution in [0.2, 0.25) is 0 Å². The van der Waals surface area contributed by atoms with Crippen LogP contribution < -0.4 is 5.32 Å². The normalized spacial score (nSPS) is 29.3. The lowest BCUT2D eigenvalue weighted by molar-refractivity contribution is -0.0159. The summed E-state index contributed by atoms with van der Waals surface area (Å²) in [6.07, 6.45) is 8.97. The van der Waals surface area contributed by atoms with E-state index in [1.54, 1.807) is 0 Å². The molecule has 32 heavy (non-hydrogen) atoms. The van der Waals surface area contributed by atoms with Crippen molar-refractivity contribution in [3.8, 4) is 0 Å². The van der Waals surface area contributed by atoms with Gasteiger partial charge < -0.3 is 10.1 Å². The molecule has 0 radical (unpaired) electrons. The number of aryl methyl sites for hydroxylation is 1. The summed E-state index contributed by atoms with van der Waals surface area (Å²) >= 11 is 0. The second-order valence-electron chi connectivity index (χ2n) is 9.91. The topological polar surface area (TPSA) is 41.6 Å². The SMILES string of the molecule is O=C(NCCCc1ccccc1)OC1CC2CC1[C@H]1CCCCN1[C@H]2Cc1ccccc1. The summed E-state index contributed by atoms with van der Waals surface area (Å²) in [4.78, 5) is 15.4. The second kappa shape index (κ2) is 10.1. The van der Waals surface area contributed by atoms with Crippen LogP contribution >= 0.6 is 0 Å². The summed E-state index contributed by atoms with van der Waals surface area (Å²) in [6.45, 7) is 1.87. The predicted molar refractivity (Wildman–Crippen MR) is 128 cm³/mol. The highest BCUT2D eigenvalue weighted by Gasteiger charge is 2.52. The zero-order valence-corrected chi connectivity index (χ0v) is 19.0. The maximum absolute atomic E-state index is 12.6. The molecule has 2 aromatic carbocycles. The van der Waals surface area contributed by atoms with E-state index in [1.807, 2.05) is 6.07 Å². The molecule has 2 saturated heterocycles. The largest absolute Gasteiger partial charge is 0.446 e. The third kappa shape index (κ3) is 4.85. The Bertz CT molecular complexity index is 872. The molecular formula is C28H36N2O2. The molecule has 2 heterocycles. The Hall–Kier alpha value is -2.33. The van der Waals surface area contributed by atoms with Gasteiger partial charge in [-0.3, -0.25) is 4.90 Å². The van der Waals surface area contributed by atoms with Gasteiger partial charge in [0.2, 0.25) is 0 Å². The minimum Gasteiger partial charge on any atom is -0.446 e. The van der Waals surface area contributed by atoms with Crippen LogP contribution in [0.15, 0.2) is 60.7 Å². The summed E-state index contributed by atoms with van der Waals surface area (Å²) in [7, 11) is 0. The molecule has 2 aromatic rings. The second-order valence-corrected chi connectivity index (χ2v) is 9.91. The van der Waals surface area contributed by atoms with Crippen molar-refractivity contribution < 1.29 is 9.53 Å². The minimum atomic E-state index is -0.224. The van der Waals surface area contributed by atoms with E-state index >= 15 is 0 Å². The van der Waals surface area contributed by atoms with E-state index in [0.717, 1.165) is 25.7 Å². The molecule has 5 atom stereocenters. The Labute approximate surface area is 192 Å². The highest BCUT2D eigenvalue weighted by atomic mass is 16.6. The van der Waals surface area contributed by atoms with Gasteiger partial charge in [-0.2, -0.15) is 0 Å². The third-order valence-electron chi connectivity index (χ3n) is 7.94. The number of rotatable bonds is 7. The Morgan fingerprint density at radius 1 is 0.969 bits per heavy atom. The molecule has 4 heteroatoms. The van der Waals surface area contributed by atoms with Crippen molar-refractivity contribution in [2.45, 2.75) is 69.6 Å². The number of nitrogens with one attached hydrogen (secondary N) is 1. The lowest BCUT2D eigenvalue weighted by atomic mass is 9.79. The Balaban J connectivity index is 1.17. The molecule has 170 valence electrons. The summed E-state index contributed by atoms with van der Waals surface area (Å²) in [5.41, 5.74) is 2.75. The smallest absolute Gasteiger partial charge is 0.407 e. The molecule has 0 spiro atoms. The number of carbonyl (C=O) groups excluding carboxylic acids is 1. The van der Waals surface area contributed by atoms with Crippen molar-refractivity contribution in [2.24, 2.45) is 11.8 Å². The van der Waals surface area contributed by atoms with Crippen molar-refractivity contribution in [1.29, 1.82) is 0 Å². The zero-order valence-electron chi connectivity index (χ0n) is 19.0. The van der Waals surface area contributed by atoms with Crippen LogP contribution in [0, 0.1) is 11.8 Å². The van der Waals surface area contributed by atoms with Gasteiger partial charge in [0, 0.05) is 24.5 Å². The van der Waals surface area contributed by atoms with E-state index in [-0.39, 0.29) is 12.2 Å². The van der Waals surface area contributed by atoms with E-state index < -0.39 is 0 Å². The van der Waals surface area contributed by atoms with Gasteiger partial charge in [-0.05, 0) is 68.5 Å². The van der Waals surface area contributed by atoms with Crippen molar-refractivity contribution >= 4 is 6.09 Å². The number of benzene rings is 2. The molecule has 2 aliphatic heterocycles. The average Bonchev–Trinajstić information content (AvgIpc) is 3.20. The van der Waals surface area contributed by atoms with Crippen molar-refractivity contribution in [3.05, 3.63) is 71.8 Å². The standard InChI is InChI=1S/C28H36N2O2/c31-28(29-16-9-14-21-10-3-1-4-11-21)32-27-20-23-19-24(27)25-15-7-8-17-30(25)26(23)18-22-12-5-2-6-13-22/h1-6,10-13,23-27H,7-9,14-20H2,(H,29,31)/t23?,24?,25-,26+,27?/m1/s1. The molecule has 2 bridgehead atoms. The molecule has 3 fully saturated rings. The predicted octanol–water partition coefficient (Wildman–Crippen LogP) is 5.22. The van der Waals surface area contributed by atoms with Gasteiger partial charge in [0.05, 0.1) is 0 Å². The first-order valence-electron chi connectivity index (χ1n) is 12.6. The quantitative estimate of drug-likeness (QED) is 0.610. The summed E-state index contributed by atoms with van der Waals surface area (Å²) in [5, 5.41) is 3.01. The van der Waals surface area contributed by atoms with Crippen LogP contribution in [0.3, 0.4) is 0 Å². The Morgan fingerprint density at radius 3 is 2.50 bits per heavy atom. The number of piperidine rings is 2. The van der Waals surface area contributed by atoms with Crippen LogP contribution in [0.1, 0.15) is 49.7 Å². The van der Waals surface area contributed by atoms with Crippen molar-refractivity contribution in [2.75, 3.05) is 13.1 Å². The number of alkyl carbamates (subject to hydrolysis) is 1. The first-order chi connectivity index (χ1) is 15.8. The number of amides is 1. The van der Waals surface area contributed by atoms with Crippen molar-refractivity contribution in [3.63, 3.8) is 0 Å². The third-order valence-corrected chi connectivity index (χ3v) is 7.94. The van der Waals surface area contributed by atoms with Crippen LogP contribution in [0.4, 0.5) is 4.79 Å². The summed E-state index contributed by atoms with van der Waals surface area (Å²) in [5.74, 6) is 1.13. The number of hydrogen-bond donors (Lipinski definition) is 1. The Morgan fingerprint density at radius 2 is 1.72 bits per heavy atom. The fraction of sp³-hybridized carbons (Fsp3) is 0.536. The molecule has 3 aliphatic rings. The number of carbonyl (C=O) groups is 1. The van der Waals surface area contributed by atoms with E-state index in [0.29, 0.717) is 30.5 Å². The highest BCUT2D eigenvalue weighted by molar-refractivity contribution is 5.67. The van der Waals surface area contributed by atoms with Gasteiger partial charge in [0.15, 0.2) is 0 Å². The molecule has 1 saturated carbocycles. The molecule has 3 unspecified atom stereocenters. The van der Waals surface area contributed by atoms with Gasteiger partial charge in [0.25, 0.3) is 0 Å². The van der Waals surface area contributed by atoms with E-state index in [4.69, 9.17) is 4.74 Å². The van der Waals surface area contributed by atoms with Gasteiger partial charge in [-0.1, -0.05) is 67.1 Å². The van der Waals surface area contributed by atoms with E-state index in [2.05, 4.69) is 64.8 Å². The number of nitrogens with zero attached hydrogens (tertiary/aromatic N) is 1. The maximum Gasteiger partial charge on any atom is 0.407 e. The van der Waals surface area contributed by atoms with E-state index in [1.165, 1.54) is 43.4 Å². The van der Waals surface area contributed by atoms with Crippen LogP contribution in [-0.4, -0.2) is 42.3 Å². The highest BCUT2D eigenvalue weighted by Crippen LogP contribution is 2.48. The number of hydrogen-bond acceptors (Lipinski definition) is 3. The fourth-order valence-corrected chi connectivity index (χ4v) is 6.49. The first kappa shape index (κ1) is 21.5. The minimum absolute atomic E-state index is 0.0699. The van der Waals surface area contributed by atoms with Gasteiger partial charge in [-0.25, -0.2) is 4.79 Å². The molecule has 1 amide bonds. The van der Waals surface area contributed by atoms with Gasteiger partial charge in [-0.15, -0.1) is 0 Å². The van der Waals surface area contributed by atoms with Crippen LogP contribution in [-0.2, 0) is 17.6 Å². The maximum atomic E-state index is 12.6. The summed E-state index contributed by atoms with van der Waals surface area (Å²) in [6, 6.07) is 22.5. The summed E-state index contributed by atoms with van der Waals surface area (Å²) < 4.78 is 6.05. The fourth-order valence-electron chi connectivity index (χ4n) is 6.49. The van der Waals surface area contributed by atoms with Crippen LogP contribution in [0.25, 0.3) is 0 Å². The number of ether oxygens (including phenoxy) is 1. The molecular weight excluding hydrogens is 396 g/mol. The molecule has 4 nitrogen and oxygen atoms in total. The molecule has 5 rings (SSSR count). The number of fused-ring (bicyclic) bond motifs is 4. The lowest BCUT2D eigenvalue weighted by Crippen LogP contribution is -2.56. The van der Waals surface area contributed by atoms with Gasteiger partial charge in [0.1, 0.15) is 6.10 Å². The molecule has 1 aliphatic carbocycles. The Kier molecular flexibility index (Phi) is 6.77. The van der Waals surface area contributed by atoms with Crippen LogP contribution in [0.5, 0.6) is 0 Å². The van der Waals surface area contributed by atoms with Gasteiger partial charge >= 0.3 is 6.09 Å². The lowest BCUT2D eigenvalue weighted by Gasteiger charge is -2.49. The zero-order chi connectivity index (χ0) is 21.8. The van der Waals surface area contributed by atoms with Crippen molar-refractivity contribution in [1.82, 2.24) is 10.2 Å². The molecule has 0 aromatic heterocycles. The monoisotopic (exact) mass is 432 g/mol. The van der Waals surface area contributed by atoms with E-state index in [9.17, 15) is 4.79 Å². The molecule has 1 N–H and O–H groups in total. The first-order valence-corrected chi connectivity index (χ1v) is 12.6.